The molecule has 2 aliphatic carbocycles. The van der Waals surface area contributed by atoms with Crippen LogP contribution in [0.25, 0.3) is 16.7 Å². The van der Waals surface area contributed by atoms with Gasteiger partial charge < -0.3 is 14.7 Å². The first-order chi connectivity index (χ1) is 15.8. The highest BCUT2D eigenvalue weighted by Gasteiger charge is 2.75. The molecule has 3 aliphatic rings. The van der Waals surface area contributed by atoms with Crippen molar-refractivity contribution < 1.29 is 9.84 Å². The molecule has 3 heterocycles. The van der Waals surface area contributed by atoms with E-state index in [0.29, 0.717) is 18.8 Å². The Morgan fingerprint density at radius 2 is 1.94 bits per heavy atom. The number of hydrogen-bond donors (Lipinski definition) is 1. The summed E-state index contributed by atoms with van der Waals surface area (Å²) in [6.07, 6.45) is 7.35. The maximum atomic E-state index is 10.7. The van der Waals surface area contributed by atoms with Crippen LogP contribution in [0.5, 0.6) is 0 Å². The third-order valence-corrected chi connectivity index (χ3v) is 8.41. The van der Waals surface area contributed by atoms with Crippen molar-refractivity contribution in [3.63, 3.8) is 0 Å². The van der Waals surface area contributed by atoms with Crippen molar-refractivity contribution in [2.45, 2.75) is 56.1 Å². The predicted octanol–water partition coefficient (Wildman–Crippen LogP) is 3.13. The van der Waals surface area contributed by atoms with Crippen LogP contribution in [0.1, 0.15) is 45.1 Å². The molecule has 33 heavy (non-hydrogen) atoms. The van der Waals surface area contributed by atoms with Gasteiger partial charge in [-0.15, -0.1) is 0 Å². The summed E-state index contributed by atoms with van der Waals surface area (Å²) >= 11 is 0. The molecule has 2 saturated carbocycles. The Bertz CT molecular complexity index is 1300. The number of nitrogens with zero attached hydrogens (tertiary/aromatic N) is 6. The fourth-order valence-corrected chi connectivity index (χ4v) is 5.83. The monoisotopic (exact) mass is 444 g/mol. The zero-order valence-corrected chi connectivity index (χ0v) is 19.2. The minimum atomic E-state index is -0.973. The highest BCUT2D eigenvalue weighted by molar-refractivity contribution is 5.82. The summed E-state index contributed by atoms with van der Waals surface area (Å²) in [5.74, 6) is 1.45. The summed E-state index contributed by atoms with van der Waals surface area (Å²) in [6.45, 7) is 4.85. The van der Waals surface area contributed by atoms with E-state index in [4.69, 9.17) is 4.74 Å². The van der Waals surface area contributed by atoms with Gasteiger partial charge in [0.15, 0.2) is 5.82 Å². The summed E-state index contributed by atoms with van der Waals surface area (Å²) in [7, 11) is 1.65. The molecule has 1 aliphatic heterocycles. The van der Waals surface area contributed by atoms with Gasteiger partial charge in [0, 0.05) is 25.1 Å². The molecule has 8 nitrogen and oxygen atoms in total. The fraction of sp³-hybridized carbons (Fsp3) is 0.520. The molecular weight excluding hydrogens is 416 g/mol. The van der Waals surface area contributed by atoms with Crippen LogP contribution in [0, 0.1) is 16.7 Å². The zero-order valence-electron chi connectivity index (χ0n) is 19.2. The molecule has 1 saturated heterocycles. The van der Waals surface area contributed by atoms with Crippen LogP contribution < -0.4 is 4.90 Å². The van der Waals surface area contributed by atoms with Gasteiger partial charge in [0.05, 0.1) is 35.3 Å². The number of benzene rings is 1. The van der Waals surface area contributed by atoms with Crippen molar-refractivity contribution >= 4 is 16.7 Å². The van der Waals surface area contributed by atoms with Gasteiger partial charge in [0.2, 0.25) is 0 Å². The normalized spacial score (nSPS) is 27.8. The molecule has 1 aromatic carbocycles. The first-order valence-electron chi connectivity index (χ1n) is 11.5. The standard InChI is InChI=1S/C25H28N6O2/c1-22(2,32)25(33-3)8-9-30(15-25)20-11-21(28-16-27-20)31-19-10-18(5-4-17(19)12-29-31)24(14-26)13-23(24)6-7-23/h4-5,10-12,16,32H,6-9,13,15H2,1-3H3/t24-,25?/m0/s1. The van der Waals surface area contributed by atoms with Gasteiger partial charge in [-0.2, -0.15) is 10.4 Å². The Labute approximate surface area is 192 Å². The van der Waals surface area contributed by atoms with E-state index in [-0.39, 0.29) is 10.8 Å². The molecule has 8 heteroatoms. The van der Waals surface area contributed by atoms with E-state index in [1.54, 1.807) is 27.3 Å². The Balaban J connectivity index is 1.35. The third-order valence-electron chi connectivity index (χ3n) is 8.41. The van der Waals surface area contributed by atoms with E-state index in [1.165, 1.54) is 0 Å². The quantitative estimate of drug-likeness (QED) is 0.645. The Hall–Kier alpha value is -3.02. The van der Waals surface area contributed by atoms with Crippen LogP contribution in [0.2, 0.25) is 0 Å². The van der Waals surface area contributed by atoms with E-state index in [1.807, 2.05) is 16.9 Å². The maximum Gasteiger partial charge on any atom is 0.159 e. The smallest absolute Gasteiger partial charge is 0.159 e. The number of nitriles is 1. The summed E-state index contributed by atoms with van der Waals surface area (Å²) in [5, 5.41) is 26.3. The lowest BCUT2D eigenvalue weighted by Gasteiger charge is -2.39. The summed E-state index contributed by atoms with van der Waals surface area (Å²) in [6, 6.07) is 10.8. The van der Waals surface area contributed by atoms with Crippen molar-refractivity contribution in [1.29, 1.82) is 5.26 Å². The lowest BCUT2D eigenvalue weighted by molar-refractivity contribution is -0.138. The molecule has 1 N–H and O–H groups in total. The molecule has 6 rings (SSSR count). The van der Waals surface area contributed by atoms with Gasteiger partial charge in [-0.25, -0.2) is 14.6 Å². The average Bonchev–Trinajstić information content (AvgIpc) is 3.58. The van der Waals surface area contributed by atoms with Crippen LogP contribution >= 0.6 is 0 Å². The first kappa shape index (κ1) is 20.6. The summed E-state index contributed by atoms with van der Waals surface area (Å²) in [5.41, 5.74) is 0.272. The number of rotatable bonds is 5. The zero-order chi connectivity index (χ0) is 23.1. The van der Waals surface area contributed by atoms with Crippen LogP contribution in [0.3, 0.4) is 0 Å². The van der Waals surface area contributed by atoms with Gasteiger partial charge in [0.25, 0.3) is 0 Å². The Morgan fingerprint density at radius 3 is 2.58 bits per heavy atom. The summed E-state index contributed by atoms with van der Waals surface area (Å²) in [4.78, 5) is 11.1. The van der Waals surface area contributed by atoms with E-state index >= 15 is 0 Å². The molecule has 3 aromatic rings. The van der Waals surface area contributed by atoms with Gasteiger partial charge in [-0.1, -0.05) is 12.1 Å². The molecule has 1 spiro atoms. The predicted molar refractivity (Wildman–Crippen MR) is 123 cm³/mol. The number of hydrogen-bond acceptors (Lipinski definition) is 7. The number of aromatic nitrogens is 4. The molecule has 2 aromatic heterocycles. The SMILES string of the molecule is COC1(C(C)(C)O)CCN(c2cc(-n3ncc4ccc([C@@]5(C#N)CC56CC6)cc43)ncn2)C1. The van der Waals surface area contributed by atoms with Crippen molar-refractivity contribution in [2.75, 3.05) is 25.1 Å². The van der Waals surface area contributed by atoms with E-state index in [2.05, 4.69) is 44.2 Å². The highest BCUT2D eigenvalue weighted by Crippen LogP contribution is 2.78. The van der Waals surface area contributed by atoms with E-state index in [0.717, 1.165) is 48.1 Å². The topological polar surface area (TPSA) is 100 Å². The number of aliphatic hydroxyl groups is 1. The Kier molecular flexibility index (Phi) is 4.07. The second kappa shape index (κ2) is 6.52. The minimum Gasteiger partial charge on any atom is -0.387 e. The van der Waals surface area contributed by atoms with Crippen molar-refractivity contribution in [3.8, 4) is 11.9 Å². The number of fused-ring (bicyclic) bond motifs is 1. The second-order valence-electron chi connectivity index (χ2n) is 10.5. The summed E-state index contributed by atoms with van der Waals surface area (Å²) < 4.78 is 7.61. The fourth-order valence-electron chi connectivity index (χ4n) is 5.83. The van der Waals surface area contributed by atoms with Crippen LogP contribution in [0.4, 0.5) is 5.82 Å². The van der Waals surface area contributed by atoms with Crippen molar-refractivity contribution in [3.05, 3.63) is 42.4 Å². The Morgan fingerprint density at radius 1 is 1.15 bits per heavy atom. The molecule has 0 amide bonds. The third kappa shape index (κ3) is 2.79. The van der Waals surface area contributed by atoms with Crippen LogP contribution in [-0.2, 0) is 10.2 Å². The van der Waals surface area contributed by atoms with Crippen LogP contribution in [-0.4, -0.2) is 56.3 Å². The largest absolute Gasteiger partial charge is 0.387 e. The van der Waals surface area contributed by atoms with E-state index in [9.17, 15) is 10.4 Å². The molecule has 170 valence electrons. The minimum absolute atomic E-state index is 0.215. The number of anilines is 1. The van der Waals surface area contributed by atoms with Crippen molar-refractivity contribution in [1.82, 2.24) is 19.7 Å². The van der Waals surface area contributed by atoms with Gasteiger partial charge in [-0.05, 0) is 56.6 Å². The molecule has 1 unspecified atom stereocenters. The highest BCUT2D eigenvalue weighted by atomic mass is 16.5. The van der Waals surface area contributed by atoms with Gasteiger partial charge >= 0.3 is 0 Å². The number of methoxy groups -OCH3 is 1. The van der Waals surface area contributed by atoms with Crippen molar-refractivity contribution in [2.24, 2.45) is 5.41 Å². The average molecular weight is 445 g/mol. The molecule has 0 bridgehead atoms. The first-order valence-corrected chi connectivity index (χ1v) is 11.5. The van der Waals surface area contributed by atoms with Crippen LogP contribution in [0.15, 0.2) is 36.8 Å². The molecule has 3 fully saturated rings. The van der Waals surface area contributed by atoms with Gasteiger partial charge in [-0.3, -0.25) is 0 Å². The second-order valence-corrected chi connectivity index (χ2v) is 10.5. The lowest BCUT2D eigenvalue weighted by atomic mass is 9.85. The van der Waals surface area contributed by atoms with Gasteiger partial charge in [0.1, 0.15) is 17.7 Å². The molecular formula is C25H28N6O2. The van der Waals surface area contributed by atoms with E-state index < -0.39 is 11.2 Å². The maximum absolute atomic E-state index is 10.7. The lowest BCUT2D eigenvalue weighted by Crippen LogP contribution is -2.53. The number of ether oxygens (including phenoxy) is 1. The molecule has 0 radical (unpaired) electrons. The molecule has 2 atom stereocenters.